The summed E-state index contributed by atoms with van der Waals surface area (Å²) < 4.78 is 10.0. The average molecular weight is 344 g/mol. The summed E-state index contributed by atoms with van der Waals surface area (Å²) in [6, 6.07) is 10.1. The van der Waals surface area contributed by atoms with Gasteiger partial charge in [-0.25, -0.2) is 4.79 Å². The van der Waals surface area contributed by atoms with Crippen LogP contribution in [-0.2, 0) is 9.53 Å². The van der Waals surface area contributed by atoms with Crippen LogP contribution in [0.2, 0.25) is 0 Å². The Balaban J connectivity index is 1.91. The highest BCUT2D eigenvalue weighted by atomic mass is 32.1. The maximum absolute atomic E-state index is 11.8. The topological polar surface area (TPSA) is 80.6 Å². The molecule has 2 N–H and O–H groups in total. The molecule has 1 heterocycles. The SMILES string of the molecule is CCOC(=O)c1cccc(NC(=S)NC(=O)C=Cc2ccco2)c1. The Bertz CT molecular complexity index is 754. The van der Waals surface area contributed by atoms with Crippen LogP contribution < -0.4 is 10.6 Å². The van der Waals surface area contributed by atoms with Crippen molar-refractivity contribution in [1.82, 2.24) is 5.32 Å². The molecule has 0 saturated carbocycles. The molecule has 1 aromatic heterocycles. The van der Waals surface area contributed by atoms with Crippen LogP contribution in [0.5, 0.6) is 0 Å². The lowest BCUT2D eigenvalue weighted by molar-refractivity contribution is -0.115. The number of ether oxygens (including phenoxy) is 1. The molecule has 0 spiro atoms. The molecular formula is C17H16N2O4S. The number of carbonyl (C=O) groups is 2. The zero-order valence-electron chi connectivity index (χ0n) is 12.9. The predicted molar refractivity (Wildman–Crippen MR) is 94.5 cm³/mol. The first-order valence-corrected chi connectivity index (χ1v) is 7.60. The summed E-state index contributed by atoms with van der Waals surface area (Å²) in [6.07, 6.45) is 4.35. The monoisotopic (exact) mass is 344 g/mol. The van der Waals surface area contributed by atoms with Crippen molar-refractivity contribution in [2.45, 2.75) is 6.92 Å². The molecule has 0 bridgehead atoms. The van der Waals surface area contributed by atoms with Crippen molar-refractivity contribution in [3.05, 3.63) is 60.1 Å². The summed E-state index contributed by atoms with van der Waals surface area (Å²) in [6.45, 7) is 2.04. The maximum Gasteiger partial charge on any atom is 0.338 e. The number of carbonyl (C=O) groups excluding carboxylic acids is 2. The molecule has 2 rings (SSSR count). The van der Waals surface area contributed by atoms with Crippen molar-refractivity contribution in [2.24, 2.45) is 0 Å². The van der Waals surface area contributed by atoms with Crippen molar-refractivity contribution < 1.29 is 18.7 Å². The summed E-state index contributed by atoms with van der Waals surface area (Å²) in [5.41, 5.74) is 0.967. The zero-order valence-corrected chi connectivity index (χ0v) is 13.8. The molecule has 2 aromatic rings. The van der Waals surface area contributed by atoms with Gasteiger partial charge in [0.25, 0.3) is 0 Å². The fraction of sp³-hybridized carbons (Fsp3) is 0.118. The molecule has 1 amide bonds. The fourth-order valence-corrected chi connectivity index (χ4v) is 2.02. The number of thiocarbonyl (C=S) groups is 1. The Labute approximate surface area is 144 Å². The normalized spacial score (nSPS) is 10.4. The summed E-state index contributed by atoms with van der Waals surface area (Å²) in [7, 11) is 0. The molecule has 0 aliphatic heterocycles. The van der Waals surface area contributed by atoms with Crippen molar-refractivity contribution in [3.8, 4) is 0 Å². The van der Waals surface area contributed by atoms with Gasteiger partial charge in [0.05, 0.1) is 18.4 Å². The van der Waals surface area contributed by atoms with E-state index in [0.717, 1.165) is 0 Å². The number of hydrogen-bond acceptors (Lipinski definition) is 5. The van der Waals surface area contributed by atoms with Gasteiger partial charge in [0.2, 0.25) is 5.91 Å². The second-order valence-corrected chi connectivity index (χ2v) is 5.00. The average Bonchev–Trinajstić information content (AvgIpc) is 3.07. The number of hydrogen-bond donors (Lipinski definition) is 2. The van der Waals surface area contributed by atoms with E-state index in [1.165, 1.54) is 18.4 Å². The van der Waals surface area contributed by atoms with E-state index in [0.29, 0.717) is 23.6 Å². The van der Waals surface area contributed by atoms with Gasteiger partial charge < -0.3 is 14.5 Å². The van der Waals surface area contributed by atoms with Crippen molar-refractivity contribution in [1.29, 1.82) is 0 Å². The van der Waals surface area contributed by atoms with Gasteiger partial charge >= 0.3 is 5.97 Å². The van der Waals surface area contributed by atoms with Gasteiger partial charge in [0.1, 0.15) is 5.76 Å². The van der Waals surface area contributed by atoms with Gasteiger partial charge in [-0.1, -0.05) is 6.07 Å². The van der Waals surface area contributed by atoms with Crippen LogP contribution in [0.1, 0.15) is 23.0 Å². The van der Waals surface area contributed by atoms with Crippen LogP contribution in [0.4, 0.5) is 5.69 Å². The van der Waals surface area contributed by atoms with Crippen LogP contribution in [-0.4, -0.2) is 23.6 Å². The van der Waals surface area contributed by atoms with Crippen LogP contribution in [0.15, 0.2) is 53.2 Å². The second kappa shape index (κ2) is 8.64. The number of benzene rings is 1. The highest BCUT2D eigenvalue weighted by Crippen LogP contribution is 2.11. The molecule has 24 heavy (non-hydrogen) atoms. The van der Waals surface area contributed by atoms with Gasteiger partial charge in [-0.2, -0.15) is 0 Å². The van der Waals surface area contributed by atoms with Crippen LogP contribution >= 0.6 is 12.2 Å². The van der Waals surface area contributed by atoms with Crippen LogP contribution in [0.3, 0.4) is 0 Å². The van der Waals surface area contributed by atoms with Gasteiger partial charge in [-0.15, -0.1) is 0 Å². The molecular weight excluding hydrogens is 328 g/mol. The Morgan fingerprint density at radius 3 is 2.83 bits per heavy atom. The molecule has 0 atom stereocenters. The molecule has 0 fully saturated rings. The van der Waals surface area contributed by atoms with E-state index < -0.39 is 11.9 Å². The Kier molecular flexibility index (Phi) is 6.27. The molecule has 0 aliphatic rings. The fourth-order valence-electron chi connectivity index (χ4n) is 1.80. The molecule has 1 aromatic carbocycles. The molecule has 0 radical (unpaired) electrons. The lowest BCUT2D eigenvalue weighted by Gasteiger charge is -2.09. The third kappa shape index (κ3) is 5.36. The molecule has 0 unspecified atom stereocenters. The first-order valence-electron chi connectivity index (χ1n) is 7.19. The standard InChI is InChI=1S/C17H16N2O4S/c1-2-22-16(21)12-5-3-6-13(11-12)18-17(24)19-15(20)9-8-14-7-4-10-23-14/h3-11H,2H2,1H3,(H2,18,19,20,24). The van der Waals surface area contributed by atoms with E-state index in [1.54, 1.807) is 43.3 Å². The largest absolute Gasteiger partial charge is 0.465 e. The smallest absolute Gasteiger partial charge is 0.338 e. The highest BCUT2D eigenvalue weighted by molar-refractivity contribution is 7.80. The van der Waals surface area contributed by atoms with Gasteiger partial charge in [-0.05, 0) is 55.5 Å². The van der Waals surface area contributed by atoms with E-state index >= 15 is 0 Å². The summed E-state index contributed by atoms with van der Waals surface area (Å²) in [4.78, 5) is 23.4. The highest BCUT2D eigenvalue weighted by Gasteiger charge is 2.08. The van der Waals surface area contributed by atoms with Gasteiger partial charge in [0, 0.05) is 11.8 Å². The van der Waals surface area contributed by atoms with E-state index in [2.05, 4.69) is 10.6 Å². The maximum atomic E-state index is 11.8. The van der Waals surface area contributed by atoms with Gasteiger partial charge in [0.15, 0.2) is 5.11 Å². The van der Waals surface area contributed by atoms with Crippen molar-refractivity contribution in [2.75, 3.05) is 11.9 Å². The van der Waals surface area contributed by atoms with Crippen molar-refractivity contribution >= 4 is 41.0 Å². The van der Waals surface area contributed by atoms with Crippen LogP contribution in [0.25, 0.3) is 6.08 Å². The minimum Gasteiger partial charge on any atom is -0.465 e. The Hall–Kier alpha value is -2.93. The number of amides is 1. The summed E-state index contributed by atoms with van der Waals surface area (Å²) in [5, 5.41) is 5.46. The number of furan rings is 1. The quantitative estimate of drug-likeness (QED) is 0.493. The third-order valence-electron chi connectivity index (χ3n) is 2.81. The molecule has 0 saturated heterocycles. The minimum absolute atomic E-state index is 0.116. The van der Waals surface area contributed by atoms with Crippen molar-refractivity contribution in [3.63, 3.8) is 0 Å². The van der Waals surface area contributed by atoms with E-state index in [9.17, 15) is 9.59 Å². The van der Waals surface area contributed by atoms with Gasteiger partial charge in [-0.3, -0.25) is 10.1 Å². The Morgan fingerprint density at radius 2 is 2.12 bits per heavy atom. The molecule has 124 valence electrons. The third-order valence-corrected chi connectivity index (χ3v) is 3.01. The lowest BCUT2D eigenvalue weighted by atomic mass is 10.2. The molecule has 7 heteroatoms. The number of esters is 1. The molecule has 6 nitrogen and oxygen atoms in total. The number of rotatable bonds is 5. The van der Waals surface area contributed by atoms with Crippen LogP contribution in [0, 0.1) is 0 Å². The first kappa shape index (κ1) is 17.4. The van der Waals surface area contributed by atoms with E-state index in [-0.39, 0.29) is 5.11 Å². The second-order valence-electron chi connectivity index (χ2n) is 4.59. The summed E-state index contributed by atoms with van der Waals surface area (Å²) in [5.74, 6) is -0.255. The summed E-state index contributed by atoms with van der Waals surface area (Å²) >= 11 is 5.07. The molecule has 0 aliphatic carbocycles. The van der Waals surface area contributed by atoms with E-state index in [4.69, 9.17) is 21.4 Å². The minimum atomic E-state index is -0.419. The van der Waals surface area contributed by atoms with E-state index in [1.807, 2.05) is 0 Å². The predicted octanol–water partition coefficient (Wildman–Crippen LogP) is 2.98. The zero-order chi connectivity index (χ0) is 17.4. The Morgan fingerprint density at radius 1 is 1.29 bits per heavy atom. The first-order chi connectivity index (χ1) is 11.6. The number of nitrogens with one attached hydrogen (secondary N) is 2. The lowest BCUT2D eigenvalue weighted by Crippen LogP contribution is -2.32. The number of anilines is 1.